The molecule has 0 N–H and O–H groups in total. The van der Waals surface area contributed by atoms with E-state index in [0.29, 0.717) is 30.8 Å². The first-order valence-corrected chi connectivity index (χ1v) is 11.9. The van der Waals surface area contributed by atoms with Gasteiger partial charge in [0, 0.05) is 25.6 Å². The minimum Gasteiger partial charge on any atom is -0.497 e. The third-order valence-electron chi connectivity index (χ3n) is 6.22. The van der Waals surface area contributed by atoms with Gasteiger partial charge in [0.15, 0.2) is 0 Å². The number of piperidine rings is 1. The summed E-state index contributed by atoms with van der Waals surface area (Å²) in [7, 11) is -1.85. The Bertz CT molecular complexity index is 968. The summed E-state index contributed by atoms with van der Waals surface area (Å²) in [4.78, 5) is 15.6. The smallest absolute Gasteiger partial charge is 0.243 e. The van der Waals surface area contributed by atoms with Gasteiger partial charge in [-0.1, -0.05) is 30.3 Å². The van der Waals surface area contributed by atoms with Crippen molar-refractivity contribution in [2.75, 3.05) is 26.7 Å². The van der Waals surface area contributed by atoms with Crippen LogP contribution in [0.15, 0.2) is 59.5 Å². The van der Waals surface area contributed by atoms with E-state index in [2.05, 4.69) is 0 Å². The second kappa shape index (κ2) is 8.78. The SMILES string of the molecule is COc1ccc([C@H]2CCCN2C(=O)C2CCN(S(=O)(=O)c3ccccc3)CC2)cc1. The van der Waals surface area contributed by atoms with Gasteiger partial charge in [-0.05, 0) is 55.5 Å². The lowest BCUT2D eigenvalue weighted by Crippen LogP contribution is -2.44. The summed E-state index contributed by atoms with van der Waals surface area (Å²) in [5, 5.41) is 0. The molecule has 2 aromatic carbocycles. The summed E-state index contributed by atoms with van der Waals surface area (Å²) >= 11 is 0. The molecule has 1 atom stereocenters. The first-order valence-electron chi connectivity index (χ1n) is 10.5. The molecule has 0 bridgehead atoms. The zero-order valence-electron chi connectivity index (χ0n) is 17.2. The first-order chi connectivity index (χ1) is 14.5. The molecule has 2 aromatic rings. The van der Waals surface area contributed by atoms with Gasteiger partial charge in [-0.3, -0.25) is 4.79 Å². The van der Waals surface area contributed by atoms with Crippen molar-refractivity contribution in [3.63, 3.8) is 0 Å². The van der Waals surface area contributed by atoms with Crippen LogP contribution in [-0.2, 0) is 14.8 Å². The second-order valence-electron chi connectivity index (χ2n) is 7.95. The van der Waals surface area contributed by atoms with Crippen molar-refractivity contribution in [2.24, 2.45) is 5.92 Å². The number of hydrogen-bond donors (Lipinski definition) is 0. The van der Waals surface area contributed by atoms with E-state index >= 15 is 0 Å². The van der Waals surface area contributed by atoms with Gasteiger partial charge in [0.2, 0.25) is 15.9 Å². The fourth-order valence-corrected chi connectivity index (χ4v) is 6.01. The minimum absolute atomic E-state index is 0.0921. The molecule has 160 valence electrons. The molecule has 2 heterocycles. The maximum atomic E-state index is 13.3. The lowest BCUT2D eigenvalue weighted by Gasteiger charge is -2.34. The monoisotopic (exact) mass is 428 g/mol. The predicted molar refractivity (Wildman–Crippen MR) is 115 cm³/mol. The summed E-state index contributed by atoms with van der Waals surface area (Å²) in [6.07, 6.45) is 3.08. The van der Waals surface area contributed by atoms with Crippen LogP contribution in [-0.4, -0.2) is 50.3 Å². The third-order valence-corrected chi connectivity index (χ3v) is 8.13. The number of methoxy groups -OCH3 is 1. The molecular weight excluding hydrogens is 400 g/mol. The number of nitrogens with zero attached hydrogens (tertiary/aromatic N) is 2. The topological polar surface area (TPSA) is 66.9 Å². The zero-order valence-corrected chi connectivity index (χ0v) is 18.1. The molecule has 0 radical (unpaired) electrons. The molecule has 1 amide bonds. The number of likely N-dealkylation sites (tertiary alicyclic amines) is 1. The Labute approximate surface area is 178 Å². The number of amides is 1. The molecule has 2 aliphatic rings. The number of carbonyl (C=O) groups excluding carboxylic acids is 1. The van der Waals surface area contributed by atoms with Crippen molar-refractivity contribution in [1.29, 1.82) is 0 Å². The van der Waals surface area contributed by atoms with Crippen LogP contribution >= 0.6 is 0 Å². The Morgan fingerprint density at radius 2 is 1.60 bits per heavy atom. The van der Waals surface area contributed by atoms with E-state index < -0.39 is 10.0 Å². The average molecular weight is 429 g/mol. The largest absolute Gasteiger partial charge is 0.497 e. The van der Waals surface area contributed by atoms with Crippen molar-refractivity contribution in [2.45, 2.75) is 36.6 Å². The fourth-order valence-electron chi connectivity index (χ4n) is 4.52. The molecule has 6 nitrogen and oxygen atoms in total. The van der Waals surface area contributed by atoms with Crippen molar-refractivity contribution < 1.29 is 17.9 Å². The first kappa shape index (κ1) is 20.9. The molecule has 7 heteroatoms. The summed E-state index contributed by atoms with van der Waals surface area (Å²) in [5.74, 6) is 0.845. The number of benzene rings is 2. The average Bonchev–Trinajstić information content (AvgIpc) is 3.29. The van der Waals surface area contributed by atoms with Gasteiger partial charge in [-0.15, -0.1) is 0 Å². The highest BCUT2D eigenvalue weighted by molar-refractivity contribution is 7.89. The van der Waals surface area contributed by atoms with Crippen molar-refractivity contribution in [3.8, 4) is 5.75 Å². The summed E-state index contributed by atoms with van der Waals surface area (Å²) in [5.41, 5.74) is 1.13. The summed E-state index contributed by atoms with van der Waals surface area (Å²) in [6, 6.07) is 16.5. The Morgan fingerprint density at radius 1 is 0.933 bits per heavy atom. The van der Waals surface area contributed by atoms with Crippen LogP contribution in [0.25, 0.3) is 0 Å². The molecule has 2 saturated heterocycles. The van der Waals surface area contributed by atoms with E-state index in [4.69, 9.17) is 4.74 Å². The van der Waals surface area contributed by atoms with E-state index in [1.807, 2.05) is 29.2 Å². The molecule has 4 rings (SSSR count). The summed E-state index contributed by atoms with van der Waals surface area (Å²) < 4.78 is 32.4. The predicted octanol–water partition coefficient (Wildman–Crippen LogP) is 3.46. The number of rotatable bonds is 5. The van der Waals surface area contributed by atoms with E-state index in [0.717, 1.165) is 30.7 Å². The molecule has 2 fully saturated rings. The molecule has 0 aromatic heterocycles. The lowest BCUT2D eigenvalue weighted by atomic mass is 9.95. The van der Waals surface area contributed by atoms with Gasteiger partial charge in [-0.2, -0.15) is 4.31 Å². The minimum atomic E-state index is -3.49. The standard InChI is InChI=1S/C23H28N2O4S/c1-29-20-11-9-18(10-12-20)22-8-5-15-25(22)23(26)19-13-16-24(17-14-19)30(27,28)21-6-3-2-4-7-21/h2-4,6-7,9-12,19,22H,5,8,13-17H2,1H3/t22-/m1/s1. The highest BCUT2D eigenvalue weighted by Crippen LogP contribution is 2.35. The number of carbonyl (C=O) groups is 1. The van der Waals surface area contributed by atoms with Gasteiger partial charge in [0.1, 0.15) is 5.75 Å². The fraction of sp³-hybridized carbons (Fsp3) is 0.435. The lowest BCUT2D eigenvalue weighted by molar-refractivity contribution is -0.137. The molecule has 0 unspecified atom stereocenters. The second-order valence-corrected chi connectivity index (χ2v) is 9.89. The van der Waals surface area contributed by atoms with Gasteiger partial charge in [-0.25, -0.2) is 8.42 Å². The number of hydrogen-bond acceptors (Lipinski definition) is 4. The Morgan fingerprint density at radius 3 is 2.23 bits per heavy atom. The van der Waals surface area contributed by atoms with Crippen LogP contribution in [0.1, 0.15) is 37.3 Å². The van der Waals surface area contributed by atoms with Crippen molar-refractivity contribution in [1.82, 2.24) is 9.21 Å². The van der Waals surface area contributed by atoms with E-state index in [9.17, 15) is 13.2 Å². The van der Waals surface area contributed by atoms with Gasteiger partial charge < -0.3 is 9.64 Å². The molecule has 0 saturated carbocycles. The van der Waals surface area contributed by atoms with Crippen LogP contribution in [0.4, 0.5) is 0 Å². The summed E-state index contributed by atoms with van der Waals surface area (Å²) in [6.45, 7) is 1.53. The maximum Gasteiger partial charge on any atom is 0.243 e. The molecule has 0 spiro atoms. The van der Waals surface area contributed by atoms with Crippen molar-refractivity contribution in [3.05, 3.63) is 60.2 Å². The van der Waals surface area contributed by atoms with Crippen LogP contribution < -0.4 is 4.74 Å². The zero-order chi connectivity index (χ0) is 21.1. The highest BCUT2D eigenvalue weighted by atomic mass is 32.2. The van der Waals surface area contributed by atoms with E-state index in [1.54, 1.807) is 37.4 Å². The van der Waals surface area contributed by atoms with Crippen LogP contribution in [0.3, 0.4) is 0 Å². The van der Waals surface area contributed by atoms with Gasteiger partial charge in [0.25, 0.3) is 0 Å². The van der Waals surface area contributed by atoms with Gasteiger partial charge in [0.05, 0.1) is 18.0 Å². The normalized spacial score (nSPS) is 21.0. The Kier molecular flexibility index (Phi) is 6.11. The molecule has 30 heavy (non-hydrogen) atoms. The van der Waals surface area contributed by atoms with E-state index in [-0.39, 0.29) is 17.9 Å². The Balaban J connectivity index is 1.41. The molecule has 0 aliphatic carbocycles. The van der Waals surface area contributed by atoms with Crippen LogP contribution in [0.2, 0.25) is 0 Å². The van der Waals surface area contributed by atoms with Crippen LogP contribution in [0.5, 0.6) is 5.75 Å². The molecule has 2 aliphatic heterocycles. The number of ether oxygens (including phenoxy) is 1. The van der Waals surface area contributed by atoms with Crippen LogP contribution in [0, 0.1) is 5.92 Å². The maximum absolute atomic E-state index is 13.3. The quantitative estimate of drug-likeness (QED) is 0.732. The van der Waals surface area contributed by atoms with Gasteiger partial charge >= 0.3 is 0 Å². The third kappa shape index (κ3) is 4.09. The Hall–Kier alpha value is -2.38. The van der Waals surface area contributed by atoms with Crippen molar-refractivity contribution >= 4 is 15.9 Å². The molecular formula is C23H28N2O4S. The highest BCUT2D eigenvalue weighted by Gasteiger charge is 2.37. The van der Waals surface area contributed by atoms with E-state index in [1.165, 1.54) is 4.31 Å². The number of sulfonamides is 1.